The van der Waals surface area contributed by atoms with Crippen molar-refractivity contribution in [1.29, 1.82) is 0 Å². The second-order valence-corrected chi connectivity index (χ2v) is 6.07. The topological polar surface area (TPSA) is 32.7 Å². The molecule has 6 heteroatoms. The number of amides is 1. The molecule has 0 aromatic heterocycles. The van der Waals surface area contributed by atoms with Crippen molar-refractivity contribution in [3.05, 3.63) is 96.1 Å². The lowest BCUT2D eigenvalue weighted by Gasteiger charge is -2.19. The number of carbonyl (C=O) groups excluding carboxylic acids is 1. The number of halogens is 3. The SMILES string of the molecule is CN(C(=O)C(=Nc1cccc(C(F)(F)F)c1)c1ccccc1)c1ccccc1. The van der Waals surface area contributed by atoms with Crippen molar-refractivity contribution in [2.45, 2.75) is 6.18 Å². The number of hydrogen-bond donors (Lipinski definition) is 0. The molecule has 0 aliphatic carbocycles. The monoisotopic (exact) mass is 382 g/mol. The third kappa shape index (κ3) is 4.46. The van der Waals surface area contributed by atoms with Crippen LogP contribution in [0.3, 0.4) is 0 Å². The Morgan fingerprint density at radius 3 is 2.07 bits per heavy atom. The first-order valence-corrected chi connectivity index (χ1v) is 8.51. The number of hydrogen-bond acceptors (Lipinski definition) is 2. The van der Waals surface area contributed by atoms with E-state index in [1.54, 1.807) is 61.6 Å². The van der Waals surface area contributed by atoms with E-state index in [0.29, 0.717) is 11.3 Å². The Balaban J connectivity index is 2.06. The highest BCUT2D eigenvalue weighted by atomic mass is 19.4. The van der Waals surface area contributed by atoms with Gasteiger partial charge in [0.15, 0.2) is 0 Å². The van der Waals surface area contributed by atoms with Crippen LogP contribution in [-0.4, -0.2) is 18.7 Å². The number of anilines is 1. The summed E-state index contributed by atoms with van der Waals surface area (Å²) in [5, 5.41) is 0. The zero-order valence-electron chi connectivity index (χ0n) is 15.0. The van der Waals surface area contributed by atoms with Crippen LogP contribution in [0.2, 0.25) is 0 Å². The van der Waals surface area contributed by atoms with Crippen molar-refractivity contribution < 1.29 is 18.0 Å². The van der Waals surface area contributed by atoms with Crippen LogP contribution < -0.4 is 4.90 Å². The Bertz CT molecular complexity index is 983. The summed E-state index contributed by atoms with van der Waals surface area (Å²) in [5.74, 6) is -0.421. The zero-order chi connectivity index (χ0) is 20.1. The van der Waals surface area contributed by atoms with E-state index in [1.165, 1.54) is 17.0 Å². The van der Waals surface area contributed by atoms with Crippen molar-refractivity contribution in [3.8, 4) is 0 Å². The fourth-order valence-corrected chi connectivity index (χ4v) is 2.64. The fourth-order valence-electron chi connectivity index (χ4n) is 2.64. The molecule has 0 saturated heterocycles. The maximum Gasteiger partial charge on any atom is 0.416 e. The van der Waals surface area contributed by atoms with Gasteiger partial charge in [0, 0.05) is 18.3 Å². The third-order valence-electron chi connectivity index (χ3n) is 4.11. The summed E-state index contributed by atoms with van der Waals surface area (Å²) < 4.78 is 39.0. The van der Waals surface area contributed by atoms with E-state index >= 15 is 0 Å². The van der Waals surface area contributed by atoms with Gasteiger partial charge in [-0.25, -0.2) is 4.99 Å². The Morgan fingerprint density at radius 2 is 1.46 bits per heavy atom. The largest absolute Gasteiger partial charge is 0.416 e. The molecule has 0 fully saturated rings. The molecule has 28 heavy (non-hydrogen) atoms. The van der Waals surface area contributed by atoms with Gasteiger partial charge in [-0.1, -0.05) is 54.6 Å². The molecular weight excluding hydrogens is 365 g/mol. The fraction of sp³-hybridized carbons (Fsp3) is 0.0909. The Labute approximate surface area is 160 Å². The minimum atomic E-state index is -4.48. The highest BCUT2D eigenvalue weighted by Crippen LogP contribution is 2.31. The number of aliphatic imine (C=N–C) groups is 1. The van der Waals surface area contributed by atoms with Crippen molar-refractivity contribution in [2.75, 3.05) is 11.9 Å². The van der Waals surface area contributed by atoms with E-state index < -0.39 is 17.6 Å². The maximum atomic E-state index is 13.1. The second-order valence-electron chi connectivity index (χ2n) is 6.07. The van der Waals surface area contributed by atoms with E-state index in [-0.39, 0.29) is 11.4 Å². The van der Waals surface area contributed by atoms with Crippen molar-refractivity contribution in [2.24, 2.45) is 4.99 Å². The van der Waals surface area contributed by atoms with Gasteiger partial charge in [0.25, 0.3) is 5.91 Å². The predicted molar refractivity (Wildman–Crippen MR) is 104 cm³/mol. The molecule has 0 unspecified atom stereocenters. The summed E-state index contributed by atoms with van der Waals surface area (Å²) in [7, 11) is 1.60. The molecule has 0 heterocycles. The standard InChI is InChI=1S/C22H17F3N2O/c1-27(19-13-6-3-7-14-19)21(28)20(16-9-4-2-5-10-16)26-18-12-8-11-17(15-18)22(23,24)25/h2-15H,1H3. The first-order chi connectivity index (χ1) is 13.4. The molecule has 142 valence electrons. The quantitative estimate of drug-likeness (QED) is 0.549. The van der Waals surface area contributed by atoms with Crippen LogP contribution in [0.25, 0.3) is 0 Å². The number of benzene rings is 3. The number of likely N-dealkylation sites (N-methyl/N-ethyl adjacent to an activating group) is 1. The van der Waals surface area contributed by atoms with E-state index in [2.05, 4.69) is 4.99 Å². The molecule has 3 nitrogen and oxygen atoms in total. The molecule has 1 amide bonds. The Kier molecular flexibility index (Phi) is 5.59. The lowest BCUT2D eigenvalue weighted by Crippen LogP contribution is -2.33. The average molecular weight is 382 g/mol. The second kappa shape index (κ2) is 8.08. The third-order valence-corrected chi connectivity index (χ3v) is 4.11. The summed E-state index contributed by atoms with van der Waals surface area (Å²) in [6.45, 7) is 0. The molecular formula is C22H17F3N2O. The summed E-state index contributed by atoms with van der Waals surface area (Å²) in [5.41, 5.74) is 0.479. The van der Waals surface area contributed by atoms with Gasteiger partial charge in [-0.15, -0.1) is 0 Å². The zero-order valence-corrected chi connectivity index (χ0v) is 15.0. The number of para-hydroxylation sites is 1. The number of rotatable bonds is 4. The number of alkyl halides is 3. The van der Waals surface area contributed by atoms with Crippen molar-refractivity contribution >= 4 is 23.0 Å². The molecule has 0 saturated carbocycles. The van der Waals surface area contributed by atoms with Crippen LogP contribution >= 0.6 is 0 Å². The van der Waals surface area contributed by atoms with Crippen LogP contribution in [0.4, 0.5) is 24.5 Å². The molecule has 0 aliphatic heterocycles. The van der Waals surface area contributed by atoms with Gasteiger partial charge in [-0.3, -0.25) is 4.79 Å². The molecule has 0 spiro atoms. The van der Waals surface area contributed by atoms with E-state index in [0.717, 1.165) is 12.1 Å². The lowest BCUT2D eigenvalue weighted by molar-refractivity contribution is -0.137. The van der Waals surface area contributed by atoms with Crippen molar-refractivity contribution in [3.63, 3.8) is 0 Å². The summed E-state index contributed by atoms with van der Waals surface area (Å²) in [6.07, 6.45) is -4.48. The van der Waals surface area contributed by atoms with E-state index in [1.807, 2.05) is 6.07 Å². The molecule has 0 N–H and O–H groups in total. The molecule has 0 bridgehead atoms. The van der Waals surface area contributed by atoms with Crippen LogP contribution in [0.5, 0.6) is 0 Å². The van der Waals surface area contributed by atoms with Gasteiger partial charge >= 0.3 is 6.18 Å². The first-order valence-electron chi connectivity index (χ1n) is 8.51. The normalized spacial score (nSPS) is 11.9. The Morgan fingerprint density at radius 1 is 0.857 bits per heavy atom. The summed E-state index contributed by atoms with van der Waals surface area (Å²) >= 11 is 0. The molecule has 3 aromatic rings. The average Bonchev–Trinajstić information content (AvgIpc) is 2.72. The number of carbonyl (C=O) groups is 1. The molecule has 3 rings (SSSR count). The summed E-state index contributed by atoms with van der Waals surface area (Å²) in [6, 6.07) is 22.2. The highest BCUT2D eigenvalue weighted by Gasteiger charge is 2.30. The van der Waals surface area contributed by atoms with Gasteiger partial charge in [-0.05, 0) is 30.3 Å². The van der Waals surface area contributed by atoms with E-state index in [4.69, 9.17) is 0 Å². The maximum absolute atomic E-state index is 13.1. The molecule has 0 aliphatic rings. The van der Waals surface area contributed by atoms with Crippen LogP contribution in [0.1, 0.15) is 11.1 Å². The first kappa shape index (κ1) is 19.4. The van der Waals surface area contributed by atoms with Crippen LogP contribution in [0, 0.1) is 0 Å². The van der Waals surface area contributed by atoms with Gasteiger partial charge in [0.05, 0.1) is 11.3 Å². The minimum Gasteiger partial charge on any atom is -0.310 e. The smallest absolute Gasteiger partial charge is 0.310 e. The van der Waals surface area contributed by atoms with Gasteiger partial charge < -0.3 is 4.90 Å². The van der Waals surface area contributed by atoms with Crippen LogP contribution in [0.15, 0.2) is 89.9 Å². The molecule has 0 radical (unpaired) electrons. The number of nitrogens with zero attached hydrogens (tertiary/aromatic N) is 2. The minimum absolute atomic E-state index is 0.0588. The molecule has 0 atom stereocenters. The summed E-state index contributed by atoms with van der Waals surface area (Å²) in [4.78, 5) is 18.8. The highest BCUT2D eigenvalue weighted by molar-refractivity contribution is 6.49. The van der Waals surface area contributed by atoms with Gasteiger partial charge in [0.1, 0.15) is 5.71 Å². The van der Waals surface area contributed by atoms with Gasteiger partial charge in [-0.2, -0.15) is 13.2 Å². The van der Waals surface area contributed by atoms with Gasteiger partial charge in [0.2, 0.25) is 0 Å². The van der Waals surface area contributed by atoms with E-state index in [9.17, 15) is 18.0 Å². The predicted octanol–water partition coefficient (Wildman–Crippen LogP) is 5.49. The van der Waals surface area contributed by atoms with Crippen molar-refractivity contribution in [1.82, 2.24) is 0 Å². The molecule has 3 aromatic carbocycles. The van der Waals surface area contributed by atoms with Crippen LogP contribution in [-0.2, 0) is 11.0 Å². The lowest BCUT2D eigenvalue weighted by atomic mass is 10.1. The Hall–Kier alpha value is -3.41.